The minimum Gasteiger partial charge on any atom is -0.548 e. The van der Waals surface area contributed by atoms with Gasteiger partial charge in [0, 0.05) is 16.6 Å². The Balaban J connectivity index is 0.00000432. The molecule has 1 heterocycles. The normalized spacial score (nSPS) is 12.0. The van der Waals surface area contributed by atoms with E-state index in [1.165, 1.54) is 23.1 Å². The number of carboxylic acid groups (broad SMARTS) is 1. The Bertz CT molecular complexity index is 1170. The summed E-state index contributed by atoms with van der Waals surface area (Å²) in [6.45, 7) is 1.87. The average Bonchev–Trinajstić information content (AvgIpc) is 3.34. The second-order valence-electron chi connectivity index (χ2n) is 7.86. The van der Waals surface area contributed by atoms with Gasteiger partial charge in [-0.3, -0.25) is 9.78 Å². The fraction of sp³-hybridized carbons (Fsp3) is 0.269. The number of thiazole rings is 1. The molecule has 9 heteroatoms. The molecule has 1 atom stereocenters. The van der Waals surface area contributed by atoms with Gasteiger partial charge >= 0.3 is 18.9 Å². The summed E-state index contributed by atoms with van der Waals surface area (Å²) in [4.78, 5) is 29.7. The predicted molar refractivity (Wildman–Crippen MR) is 137 cm³/mol. The van der Waals surface area contributed by atoms with Crippen molar-refractivity contribution in [1.82, 2.24) is 10.3 Å². The van der Waals surface area contributed by atoms with Crippen molar-refractivity contribution >= 4 is 41.1 Å². The molecule has 0 saturated carbocycles. The summed E-state index contributed by atoms with van der Waals surface area (Å²) in [6.07, 6.45) is 6.34. The molecule has 0 radical (unpaired) electrons. The van der Waals surface area contributed by atoms with Gasteiger partial charge in [-0.05, 0) is 71.7 Å². The van der Waals surface area contributed by atoms with Crippen LogP contribution in [-0.4, -0.2) is 46.6 Å². The predicted octanol–water partition coefficient (Wildman–Crippen LogP) is 0.342. The van der Waals surface area contributed by atoms with Crippen molar-refractivity contribution in [1.29, 1.82) is 0 Å². The molecule has 0 spiro atoms. The molecule has 1 aromatic heterocycles. The Kier molecular flexibility index (Phi) is 11.8. The zero-order chi connectivity index (χ0) is 24.5. The van der Waals surface area contributed by atoms with Crippen LogP contribution in [0.3, 0.4) is 0 Å². The number of carboxylic acids is 1. The number of nitrogens with zero attached hydrogens (tertiary/aromatic N) is 1. The SMILES string of the molecule is CSCCC(NC(=O)c1ccc(C/C(=C/c2cncs2)CO)cc1-c1ccccc1C)C(=O)[O-].[Li+]. The van der Waals surface area contributed by atoms with Crippen molar-refractivity contribution in [3.8, 4) is 11.1 Å². The number of aromatic nitrogens is 1. The molecule has 0 bridgehead atoms. The summed E-state index contributed by atoms with van der Waals surface area (Å²) in [6, 6.07) is 12.2. The second-order valence-corrected chi connectivity index (χ2v) is 9.77. The van der Waals surface area contributed by atoms with Crippen LogP contribution in [0.25, 0.3) is 17.2 Å². The van der Waals surface area contributed by atoms with Crippen molar-refractivity contribution in [2.24, 2.45) is 0 Å². The quantitative estimate of drug-likeness (QED) is 0.367. The largest absolute Gasteiger partial charge is 1.00 e. The van der Waals surface area contributed by atoms with Crippen molar-refractivity contribution in [3.63, 3.8) is 0 Å². The number of carbonyl (C=O) groups is 2. The number of amides is 1. The van der Waals surface area contributed by atoms with Crippen LogP contribution in [0, 0.1) is 6.92 Å². The number of hydrogen-bond donors (Lipinski definition) is 2. The Morgan fingerprint density at radius 3 is 2.63 bits per heavy atom. The first-order valence-corrected chi connectivity index (χ1v) is 13.1. The first kappa shape index (κ1) is 28.9. The van der Waals surface area contributed by atoms with Crippen LogP contribution in [-0.2, 0) is 11.2 Å². The van der Waals surface area contributed by atoms with E-state index in [0.29, 0.717) is 23.3 Å². The van der Waals surface area contributed by atoms with Crippen LogP contribution in [0.5, 0.6) is 0 Å². The Morgan fingerprint density at radius 2 is 2.00 bits per heavy atom. The summed E-state index contributed by atoms with van der Waals surface area (Å²) in [5, 5.41) is 24.0. The third kappa shape index (κ3) is 8.09. The molecule has 3 aromatic rings. The molecule has 0 saturated heterocycles. The fourth-order valence-electron chi connectivity index (χ4n) is 3.63. The molecule has 0 aliphatic rings. The zero-order valence-electron chi connectivity index (χ0n) is 20.1. The van der Waals surface area contributed by atoms with E-state index in [4.69, 9.17) is 0 Å². The van der Waals surface area contributed by atoms with E-state index >= 15 is 0 Å². The summed E-state index contributed by atoms with van der Waals surface area (Å²) < 4.78 is 0. The van der Waals surface area contributed by atoms with Crippen molar-refractivity contribution in [3.05, 3.63) is 81.3 Å². The number of aliphatic hydroxyl groups is 1. The van der Waals surface area contributed by atoms with Crippen LogP contribution in [0.15, 0.2) is 59.7 Å². The van der Waals surface area contributed by atoms with Gasteiger partial charge in [-0.25, -0.2) is 0 Å². The molecule has 3 rings (SSSR count). The smallest absolute Gasteiger partial charge is 0.548 e. The van der Waals surface area contributed by atoms with Crippen molar-refractivity contribution in [2.75, 3.05) is 18.6 Å². The fourth-order valence-corrected chi connectivity index (χ4v) is 4.70. The maximum Gasteiger partial charge on any atom is 1.00 e. The van der Waals surface area contributed by atoms with Crippen molar-refractivity contribution < 1.29 is 38.7 Å². The van der Waals surface area contributed by atoms with Gasteiger partial charge in [-0.15, -0.1) is 11.3 Å². The van der Waals surface area contributed by atoms with Gasteiger partial charge in [0.2, 0.25) is 0 Å². The molecule has 2 aromatic carbocycles. The molecule has 1 unspecified atom stereocenters. The molecule has 0 fully saturated rings. The van der Waals surface area contributed by atoms with Crippen molar-refractivity contribution in [2.45, 2.75) is 25.8 Å². The van der Waals surface area contributed by atoms with E-state index in [-0.39, 0.29) is 31.9 Å². The van der Waals surface area contributed by atoms with E-state index in [0.717, 1.165) is 27.1 Å². The molecule has 2 N–H and O–H groups in total. The molecule has 1 amide bonds. The first-order valence-electron chi connectivity index (χ1n) is 10.8. The molecule has 0 aliphatic carbocycles. The van der Waals surface area contributed by atoms with E-state index in [9.17, 15) is 19.8 Å². The zero-order valence-corrected chi connectivity index (χ0v) is 21.7. The molecule has 35 heavy (non-hydrogen) atoms. The number of aliphatic hydroxyl groups excluding tert-OH is 1. The third-order valence-electron chi connectivity index (χ3n) is 5.40. The Hall–Kier alpha value is -2.34. The number of hydrogen-bond acceptors (Lipinski definition) is 7. The molecule has 178 valence electrons. The van der Waals surface area contributed by atoms with E-state index in [1.807, 2.05) is 55.7 Å². The van der Waals surface area contributed by atoms with E-state index < -0.39 is 17.9 Å². The topological polar surface area (TPSA) is 102 Å². The maximum absolute atomic E-state index is 13.2. The second kappa shape index (κ2) is 14.3. The van der Waals surface area contributed by atoms with Crippen LogP contribution >= 0.6 is 23.1 Å². The molecular formula is C26H27LiN2O4S2. The van der Waals surface area contributed by atoms with Gasteiger partial charge < -0.3 is 20.3 Å². The standard InChI is InChI=1S/C26H28N2O4S2.Li/c1-17-5-3-4-6-21(17)23-13-18(11-19(15-29)12-20-14-27-16-34-20)7-8-22(23)25(30)28-24(26(31)32)9-10-33-2;/h3-8,12-14,16,24,29H,9-11,15H2,1-2H3,(H,28,30)(H,31,32);/q;+1/p-1/b19-12-;. The number of aryl methyl sites for hydroxylation is 1. The van der Waals surface area contributed by atoms with Crippen LogP contribution in [0.2, 0.25) is 0 Å². The van der Waals surface area contributed by atoms with Gasteiger partial charge in [0.15, 0.2) is 0 Å². The number of aliphatic carboxylic acids is 1. The molecule has 6 nitrogen and oxygen atoms in total. The minimum atomic E-state index is -1.29. The number of rotatable bonds is 11. The van der Waals surface area contributed by atoms with Gasteiger partial charge in [0.25, 0.3) is 5.91 Å². The van der Waals surface area contributed by atoms with Crippen LogP contribution in [0.1, 0.15) is 32.8 Å². The molecule has 0 aliphatic heterocycles. The summed E-state index contributed by atoms with van der Waals surface area (Å²) in [7, 11) is 0. The summed E-state index contributed by atoms with van der Waals surface area (Å²) in [5.74, 6) is -1.15. The van der Waals surface area contributed by atoms with Gasteiger partial charge in [0.05, 0.1) is 24.1 Å². The van der Waals surface area contributed by atoms with Gasteiger partial charge in [-0.2, -0.15) is 11.8 Å². The Labute approximate surface area is 226 Å². The minimum absolute atomic E-state index is 0. The average molecular weight is 503 g/mol. The van der Waals surface area contributed by atoms with Gasteiger partial charge in [0.1, 0.15) is 0 Å². The van der Waals surface area contributed by atoms with Crippen LogP contribution in [0.4, 0.5) is 0 Å². The van der Waals surface area contributed by atoms with Crippen LogP contribution < -0.4 is 29.3 Å². The number of benzene rings is 2. The first-order chi connectivity index (χ1) is 16.4. The van der Waals surface area contributed by atoms with E-state index in [1.54, 1.807) is 17.8 Å². The summed E-state index contributed by atoms with van der Waals surface area (Å²) >= 11 is 3.00. The molecular weight excluding hydrogens is 475 g/mol. The maximum atomic E-state index is 13.2. The Morgan fingerprint density at radius 1 is 1.23 bits per heavy atom. The van der Waals surface area contributed by atoms with E-state index in [2.05, 4.69) is 10.3 Å². The number of thioether (sulfide) groups is 1. The number of nitrogens with one attached hydrogen (secondary N) is 1. The third-order valence-corrected chi connectivity index (χ3v) is 6.76. The number of carbonyl (C=O) groups excluding carboxylic acids is 2. The van der Waals surface area contributed by atoms with Gasteiger partial charge in [-0.1, -0.05) is 36.4 Å². The monoisotopic (exact) mass is 502 g/mol. The summed E-state index contributed by atoms with van der Waals surface area (Å²) in [5.41, 5.74) is 6.49.